The van der Waals surface area contributed by atoms with Crippen LogP contribution in [0.1, 0.15) is 6.92 Å². The maximum Gasteiger partial charge on any atom is 0.119 e. The third-order valence-electron chi connectivity index (χ3n) is 1.70. The Morgan fingerprint density at radius 1 is 1.64 bits per heavy atom. The molecule has 0 radical (unpaired) electrons. The molecule has 1 nitrogen and oxygen atoms in total. The van der Waals surface area contributed by atoms with E-state index in [2.05, 4.69) is 11.9 Å². The zero-order valence-electron chi connectivity index (χ0n) is 6.65. The number of hydrogen-bond acceptors (Lipinski definition) is 1. The van der Waals surface area contributed by atoms with Gasteiger partial charge in [-0.2, -0.15) is 0 Å². The van der Waals surface area contributed by atoms with E-state index in [9.17, 15) is 4.39 Å². The third kappa shape index (κ3) is 2.02. The Hall–Kier alpha value is -0.890. The lowest BCUT2D eigenvalue weighted by atomic mass is 10.1. The van der Waals surface area contributed by atoms with Crippen molar-refractivity contribution in [1.29, 1.82) is 0 Å². The van der Waals surface area contributed by atoms with Gasteiger partial charge in [-0.3, -0.25) is 0 Å². The molecule has 1 heterocycles. The zero-order chi connectivity index (χ0) is 8.27. The Balaban J connectivity index is 2.73. The van der Waals surface area contributed by atoms with Gasteiger partial charge in [0.05, 0.1) is 0 Å². The fraction of sp³-hybridized carbons (Fsp3) is 0.333. The van der Waals surface area contributed by atoms with Crippen LogP contribution in [0.3, 0.4) is 0 Å². The number of nitrogens with one attached hydrogen (secondary N) is 1. The molecular formula is C9H12FN. The molecule has 2 heteroatoms. The second kappa shape index (κ2) is 3.49. The average Bonchev–Trinajstić information content (AvgIpc) is 2.37. The van der Waals surface area contributed by atoms with Gasteiger partial charge in [0.25, 0.3) is 0 Å². The van der Waals surface area contributed by atoms with Crippen molar-refractivity contribution in [2.45, 2.75) is 6.92 Å². The Morgan fingerprint density at radius 3 is 2.82 bits per heavy atom. The monoisotopic (exact) mass is 153 g/mol. The molecule has 0 bridgehead atoms. The quantitative estimate of drug-likeness (QED) is 0.607. The molecule has 0 amide bonds. The van der Waals surface area contributed by atoms with Gasteiger partial charge < -0.3 is 5.32 Å². The van der Waals surface area contributed by atoms with Gasteiger partial charge >= 0.3 is 0 Å². The van der Waals surface area contributed by atoms with Crippen LogP contribution in [0.4, 0.5) is 4.39 Å². The summed E-state index contributed by atoms with van der Waals surface area (Å²) in [6.07, 6.45) is 2.97. The van der Waals surface area contributed by atoms with Crippen molar-refractivity contribution in [1.82, 2.24) is 5.32 Å². The minimum atomic E-state index is -0.190. The molecule has 1 aliphatic heterocycles. The van der Waals surface area contributed by atoms with Crippen molar-refractivity contribution >= 4 is 0 Å². The normalized spacial score (nSPS) is 23.3. The first-order valence-corrected chi connectivity index (χ1v) is 3.65. The van der Waals surface area contributed by atoms with Gasteiger partial charge in [0.15, 0.2) is 0 Å². The summed E-state index contributed by atoms with van der Waals surface area (Å²) in [6, 6.07) is 0. The van der Waals surface area contributed by atoms with Gasteiger partial charge in [0.1, 0.15) is 5.83 Å². The molecule has 1 saturated heterocycles. The van der Waals surface area contributed by atoms with Crippen molar-refractivity contribution in [3.63, 3.8) is 0 Å². The van der Waals surface area contributed by atoms with E-state index in [0.717, 1.165) is 24.2 Å². The van der Waals surface area contributed by atoms with Crippen molar-refractivity contribution in [2.75, 3.05) is 13.1 Å². The van der Waals surface area contributed by atoms with Gasteiger partial charge in [-0.1, -0.05) is 12.7 Å². The molecule has 0 aliphatic carbocycles. The predicted molar refractivity (Wildman–Crippen MR) is 45.0 cm³/mol. The summed E-state index contributed by atoms with van der Waals surface area (Å²) in [7, 11) is 0. The second-order valence-corrected chi connectivity index (χ2v) is 2.55. The van der Waals surface area contributed by atoms with E-state index < -0.39 is 0 Å². The minimum absolute atomic E-state index is 0.190. The van der Waals surface area contributed by atoms with Crippen LogP contribution < -0.4 is 5.32 Å². The van der Waals surface area contributed by atoms with Crippen LogP contribution in [-0.4, -0.2) is 13.1 Å². The Bertz CT molecular complexity index is 226. The predicted octanol–water partition coefficient (Wildman–Crippen LogP) is 1.95. The summed E-state index contributed by atoms with van der Waals surface area (Å²) in [5.74, 6) is -0.190. The summed E-state index contributed by atoms with van der Waals surface area (Å²) in [6.45, 7) is 6.99. The van der Waals surface area contributed by atoms with Crippen LogP contribution >= 0.6 is 0 Å². The van der Waals surface area contributed by atoms with Crippen LogP contribution in [0, 0.1) is 0 Å². The van der Waals surface area contributed by atoms with Crippen molar-refractivity contribution < 1.29 is 4.39 Å². The van der Waals surface area contributed by atoms with Crippen LogP contribution in [0.15, 0.2) is 35.7 Å². The fourth-order valence-corrected chi connectivity index (χ4v) is 0.989. The lowest BCUT2D eigenvalue weighted by Crippen LogP contribution is -2.04. The van der Waals surface area contributed by atoms with Gasteiger partial charge in [-0.25, -0.2) is 4.39 Å². The molecule has 1 rings (SSSR count). The highest BCUT2D eigenvalue weighted by molar-refractivity contribution is 5.38. The molecule has 0 spiro atoms. The van der Waals surface area contributed by atoms with E-state index >= 15 is 0 Å². The Labute approximate surface area is 66.3 Å². The van der Waals surface area contributed by atoms with E-state index in [4.69, 9.17) is 0 Å². The molecular weight excluding hydrogens is 141 g/mol. The maximum absolute atomic E-state index is 12.7. The van der Waals surface area contributed by atoms with Crippen molar-refractivity contribution in [3.8, 4) is 0 Å². The molecule has 0 aromatic rings. The molecule has 1 fully saturated rings. The molecule has 0 aromatic heterocycles. The smallest absolute Gasteiger partial charge is 0.119 e. The van der Waals surface area contributed by atoms with Crippen molar-refractivity contribution in [2.24, 2.45) is 0 Å². The molecule has 0 saturated carbocycles. The topological polar surface area (TPSA) is 12.0 Å². The fourth-order valence-electron chi connectivity index (χ4n) is 0.989. The molecule has 11 heavy (non-hydrogen) atoms. The van der Waals surface area contributed by atoms with E-state index in [1.807, 2.05) is 0 Å². The summed E-state index contributed by atoms with van der Waals surface area (Å²) < 4.78 is 12.7. The average molecular weight is 153 g/mol. The lowest BCUT2D eigenvalue weighted by Gasteiger charge is -1.93. The number of allylic oxidation sites excluding steroid dienone is 3. The van der Waals surface area contributed by atoms with Crippen LogP contribution in [0.25, 0.3) is 0 Å². The second-order valence-electron chi connectivity index (χ2n) is 2.55. The molecule has 0 unspecified atom stereocenters. The highest BCUT2D eigenvalue weighted by atomic mass is 19.1. The number of rotatable bonds is 1. The summed E-state index contributed by atoms with van der Waals surface area (Å²) in [5, 5.41) is 3.09. The summed E-state index contributed by atoms with van der Waals surface area (Å²) >= 11 is 0. The molecule has 1 N–H and O–H groups in total. The molecule has 1 aliphatic rings. The molecule has 0 atom stereocenters. The third-order valence-corrected chi connectivity index (χ3v) is 1.70. The van der Waals surface area contributed by atoms with Crippen LogP contribution in [0.5, 0.6) is 0 Å². The van der Waals surface area contributed by atoms with Crippen LogP contribution in [0.2, 0.25) is 0 Å². The number of halogens is 1. The highest BCUT2D eigenvalue weighted by Crippen LogP contribution is 2.14. The van der Waals surface area contributed by atoms with E-state index in [0.29, 0.717) is 0 Å². The first-order chi connectivity index (χ1) is 5.24. The van der Waals surface area contributed by atoms with E-state index in [1.165, 1.54) is 12.2 Å². The zero-order valence-corrected chi connectivity index (χ0v) is 6.65. The lowest BCUT2D eigenvalue weighted by molar-refractivity contribution is 0.663. The highest BCUT2D eigenvalue weighted by Gasteiger charge is 2.09. The largest absolute Gasteiger partial charge is 0.309 e. The molecule has 60 valence electrons. The van der Waals surface area contributed by atoms with E-state index in [1.54, 1.807) is 6.92 Å². The minimum Gasteiger partial charge on any atom is -0.309 e. The number of hydrogen-bond donors (Lipinski definition) is 1. The Kier molecular flexibility index (Phi) is 2.60. The standard InChI is InChI=1S/C9H12FN/c1-3-9(10)4-8-6-11-5-7(8)2/h3-4,11H,2,5-6H2,1H3/b8-4-,9-3+. The van der Waals surface area contributed by atoms with Gasteiger partial charge in [-0.05, 0) is 24.1 Å². The molecule has 0 aromatic carbocycles. The maximum atomic E-state index is 12.7. The Morgan fingerprint density at radius 2 is 2.36 bits per heavy atom. The SMILES string of the molecule is C=C1CNC/C1=C/C(F)=C\C. The van der Waals surface area contributed by atoms with E-state index in [-0.39, 0.29) is 5.83 Å². The summed E-state index contributed by atoms with van der Waals surface area (Å²) in [5.41, 5.74) is 1.96. The van der Waals surface area contributed by atoms with Crippen LogP contribution in [-0.2, 0) is 0 Å². The first-order valence-electron chi connectivity index (χ1n) is 3.65. The van der Waals surface area contributed by atoms with Crippen molar-refractivity contribution in [3.05, 3.63) is 35.7 Å². The first kappa shape index (κ1) is 8.21. The van der Waals surface area contributed by atoms with Gasteiger partial charge in [0, 0.05) is 13.1 Å². The summed E-state index contributed by atoms with van der Waals surface area (Å²) in [4.78, 5) is 0. The van der Waals surface area contributed by atoms with Gasteiger partial charge in [-0.15, -0.1) is 0 Å². The van der Waals surface area contributed by atoms with Gasteiger partial charge in [0.2, 0.25) is 0 Å².